The fourth-order valence-electron chi connectivity index (χ4n) is 9.88. The van der Waals surface area contributed by atoms with Gasteiger partial charge >= 0.3 is 0 Å². The molecule has 0 saturated carbocycles. The van der Waals surface area contributed by atoms with Crippen LogP contribution in [0.25, 0.3) is 0 Å². The first-order chi connectivity index (χ1) is 17.1. The molecule has 0 spiro atoms. The number of hydrogen-bond donors (Lipinski definition) is 0. The molecule has 2 heterocycles. The standard InChI is InChI=1S/C32H64Si7/c1-33(2,3)30(34(4,5)6)25-23-27(31(35(7,8)9)36(10,11)12)29(39-21-19-26(39)20-22-39)28(24-25)32(37(13,14)15)38(16,17)18/h19-24,26,30-32H,1-18H3. The van der Waals surface area contributed by atoms with Crippen LogP contribution in [0.15, 0.2) is 35.7 Å². The molecule has 0 radical (unpaired) electrons. The van der Waals surface area contributed by atoms with Gasteiger partial charge in [-0.3, -0.25) is 0 Å². The Morgan fingerprint density at radius 3 is 0.923 bits per heavy atom. The molecule has 0 aromatic heterocycles. The molecular formula is C32H64Si7. The molecule has 1 aromatic carbocycles. The topological polar surface area (TPSA) is 0 Å². The molecule has 39 heavy (non-hydrogen) atoms. The molecule has 7 heteroatoms. The van der Waals surface area contributed by atoms with Gasteiger partial charge in [-0.25, -0.2) is 0 Å². The molecule has 0 unspecified atom stereocenters. The van der Waals surface area contributed by atoms with E-state index in [2.05, 4.69) is 154 Å². The molecule has 0 N–H and O–H groups in total. The van der Waals surface area contributed by atoms with Gasteiger partial charge in [-0.2, -0.15) is 0 Å². The van der Waals surface area contributed by atoms with Gasteiger partial charge in [-0.15, -0.1) is 0 Å². The van der Waals surface area contributed by atoms with Crippen molar-refractivity contribution in [1.82, 2.24) is 0 Å². The summed E-state index contributed by atoms with van der Waals surface area (Å²) in [5.41, 5.74) is 11.8. The average Bonchev–Trinajstić information content (AvgIpc) is 2.58. The summed E-state index contributed by atoms with van der Waals surface area (Å²) in [6, 6.07) is 5.81. The number of rotatable bonds is 10. The zero-order valence-corrected chi connectivity index (χ0v) is 36.3. The van der Waals surface area contributed by atoms with Gasteiger partial charge in [-0.05, 0) is 37.4 Å². The van der Waals surface area contributed by atoms with E-state index >= 15 is 0 Å². The van der Waals surface area contributed by atoms with Gasteiger partial charge in [-0.1, -0.05) is 154 Å². The molecule has 0 saturated heterocycles. The van der Waals surface area contributed by atoms with Crippen LogP contribution < -0.4 is 5.19 Å². The minimum absolute atomic E-state index is 0.749. The summed E-state index contributed by atoms with van der Waals surface area (Å²) >= 11 is 0. The lowest BCUT2D eigenvalue weighted by molar-refractivity contribution is 1.08. The van der Waals surface area contributed by atoms with E-state index in [1.54, 1.807) is 5.56 Å². The van der Waals surface area contributed by atoms with Crippen LogP contribution in [0.5, 0.6) is 0 Å². The predicted molar refractivity (Wildman–Crippen MR) is 202 cm³/mol. The third-order valence-electron chi connectivity index (χ3n) is 9.52. The monoisotopic (exact) mass is 644 g/mol. The molecule has 0 fully saturated rings. The van der Waals surface area contributed by atoms with Gasteiger partial charge in [0.25, 0.3) is 0 Å². The summed E-state index contributed by atoms with van der Waals surface area (Å²) in [4.78, 5) is 0. The number of hydrogen-bond acceptors (Lipinski definition) is 0. The van der Waals surface area contributed by atoms with E-state index in [1.165, 1.54) is 0 Å². The maximum absolute atomic E-state index is 2.91. The normalized spacial score (nSPS) is 22.4. The Morgan fingerprint density at radius 1 is 0.462 bits per heavy atom. The summed E-state index contributed by atoms with van der Waals surface area (Å²) in [5, 5.41) is 4.35. The Bertz CT molecular complexity index is 1030. The third kappa shape index (κ3) is 6.44. The molecular weight excluding hydrogens is 581 g/mol. The number of benzene rings is 1. The molecule has 0 aliphatic carbocycles. The van der Waals surface area contributed by atoms with E-state index in [4.69, 9.17) is 0 Å². The van der Waals surface area contributed by atoms with Crippen molar-refractivity contribution in [2.45, 2.75) is 139 Å². The minimum Gasteiger partial charge on any atom is -0.0893 e. The van der Waals surface area contributed by atoms with Gasteiger partial charge < -0.3 is 0 Å². The Labute approximate surface area is 251 Å². The highest BCUT2D eigenvalue weighted by Gasteiger charge is 2.55. The predicted octanol–water partition coefficient (Wildman–Crippen LogP) is 10.4. The van der Waals surface area contributed by atoms with E-state index in [0.717, 1.165) is 21.0 Å². The number of fused-ring (bicyclic) bond motifs is 1. The van der Waals surface area contributed by atoms with Crippen LogP contribution in [0, 0.1) is 0 Å². The summed E-state index contributed by atoms with van der Waals surface area (Å²) in [5.74, 6) is 0. The lowest BCUT2D eigenvalue weighted by Crippen LogP contribution is -2.64. The van der Waals surface area contributed by atoms with Crippen molar-refractivity contribution >= 4 is 61.7 Å². The van der Waals surface area contributed by atoms with E-state index in [1.807, 2.05) is 16.3 Å². The van der Waals surface area contributed by atoms with Crippen LogP contribution in [-0.2, 0) is 0 Å². The van der Waals surface area contributed by atoms with Gasteiger partial charge in [0.1, 0.15) is 8.07 Å². The quantitative estimate of drug-likeness (QED) is 0.222. The third-order valence-corrected chi connectivity index (χ3v) is 41.8. The van der Waals surface area contributed by atoms with Gasteiger partial charge in [0, 0.05) is 54.0 Å². The van der Waals surface area contributed by atoms with E-state index < -0.39 is 56.5 Å². The first-order valence-electron chi connectivity index (χ1n) is 15.7. The number of allylic oxidation sites excluding steroid dienone is 2. The minimum atomic E-state index is -1.72. The Balaban J connectivity index is 2.63. The SMILES string of the molecule is C[Si](C)(C)C(c1cc(C([Si](C)(C)C)[Si](C)(C)C)c([Si]23C=CC2C=C3)c(C([Si](C)(C)C)[Si](C)(C)C)c1)[Si](C)(C)C. The smallest absolute Gasteiger partial charge is 0.0893 e. The summed E-state index contributed by atoms with van der Waals surface area (Å²) in [6.07, 6.45) is 5.10. The highest BCUT2D eigenvalue weighted by molar-refractivity contribution is 7.08. The van der Waals surface area contributed by atoms with Crippen molar-refractivity contribution in [2.24, 2.45) is 0 Å². The highest BCUT2D eigenvalue weighted by Crippen LogP contribution is 2.50. The van der Waals surface area contributed by atoms with E-state index in [0.29, 0.717) is 0 Å². The van der Waals surface area contributed by atoms with Crippen LogP contribution in [-0.4, -0.2) is 56.5 Å². The molecule has 0 atom stereocenters. The van der Waals surface area contributed by atoms with Crippen molar-refractivity contribution in [3.05, 3.63) is 52.4 Å². The zero-order valence-electron chi connectivity index (χ0n) is 29.3. The van der Waals surface area contributed by atoms with Gasteiger partial charge in [0.05, 0.1) is 0 Å². The largest absolute Gasteiger partial charge is 0.144 e. The van der Waals surface area contributed by atoms with Crippen molar-refractivity contribution in [2.75, 3.05) is 0 Å². The highest BCUT2D eigenvalue weighted by atomic mass is 28.4. The second kappa shape index (κ2) is 10.2. The Morgan fingerprint density at radius 2 is 0.744 bits per heavy atom. The van der Waals surface area contributed by atoms with Crippen LogP contribution in [0.3, 0.4) is 0 Å². The summed E-state index contributed by atoms with van der Waals surface area (Å²) in [6.45, 7) is 48.3. The summed E-state index contributed by atoms with van der Waals surface area (Å²) in [7, 11) is -10.5. The average molecular weight is 645 g/mol. The molecule has 1 aromatic rings. The molecule has 0 amide bonds. The molecule has 3 rings (SSSR count). The van der Waals surface area contributed by atoms with Crippen molar-refractivity contribution in [1.29, 1.82) is 0 Å². The van der Waals surface area contributed by atoms with Crippen LogP contribution in [0.4, 0.5) is 0 Å². The molecule has 2 aliphatic rings. The van der Waals surface area contributed by atoms with Crippen LogP contribution in [0.1, 0.15) is 32.2 Å². The molecule has 2 aliphatic heterocycles. The maximum atomic E-state index is 2.91. The Kier molecular flexibility index (Phi) is 8.78. The second-order valence-corrected chi connectivity index (χ2v) is 57.0. The lowest BCUT2D eigenvalue weighted by Gasteiger charge is -2.52. The fourth-order valence-corrected chi connectivity index (χ4v) is 52.5. The van der Waals surface area contributed by atoms with Crippen molar-refractivity contribution in [3.63, 3.8) is 0 Å². The second-order valence-electron chi connectivity index (χ2n) is 19.7. The molecule has 0 nitrogen and oxygen atoms in total. The van der Waals surface area contributed by atoms with Gasteiger partial charge in [0.2, 0.25) is 0 Å². The molecule has 0 bridgehead atoms. The van der Waals surface area contributed by atoms with E-state index in [-0.39, 0.29) is 0 Å². The van der Waals surface area contributed by atoms with Crippen LogP contribution in [0.2, 0.25) is 123 Å². The van der Waals surface area contributed by atoms with Crippen molar-refractivity contribution in [3.8, 4) is 0 Å². The molecule has 220 valence electrons. The van der Waals surface area contributed by atoms with Gasteiger partial charge in [0.15, 0.2) is 0 Å². The Hall–Kier alpha value is 0.218. The zero-order chi connectivity index (χ0) is 30.4. The van der Waals surface area contributed by atoms with Crippen LogP contribution >= 0.6 is 0 Å². The van der Waals surface area contributed by atoms with E-state index in [9.17, 15) is 0 Å². The first-order valence-corrected chi connectivity index (χ1v) is 39.4. The lowest BCUT2D eigenvalue weighted by atomic mass is 10.1. The van der Waals surface area contributed by atoms with Crippen molar-refractivity contribution < 1.29 is 0 Å². The first kappa shape index (κ1) is 33.7. The maximum Gasteiger partial charge on any atom is 0.144 e. The summed E-state index contributed by atoms with van der Waals surface area (Å²) < 4.78 is 0. The fraction of sp³-hybridized carbons (Fsp3) is 0.688.